The fourth-order valence-electron chi connectivity index (χ4n) is 2.00. The molecule has 0 bridgehead atoms. The van der Waals surface area contributed by atoms with Gasteiger partial charge in [0.05, 0.1) is 0 Å². The second kappa shape index (κ2) is 4.86. The van der Waals surface area contributed by atoms with E-state index in [-0.39, 0.29) is 5.56 Å². The summed E-state index contributed by atoms with van der Waals surface area (Å²) in [5.41, 5.74) is 0.981. The van der Waals surface area contributed by atoms with E-state index in [2.05, 4.69) is 15.4 Å². The maximum absolute atomic E-state index is 12.4. The highest BCUT2D eigenvalue weighted by Gasteiger charge is 2.14. The van der Waals surface area contributed by atoms with E-state index in [1.54, 1.807) is 36.3 Å². The van der Waals surface area contributed by atoms with Crippen molar-refractivity contribution in [1.29, 1.82) is 0 Å². The van der Waals surface area contributed by atoms with Crippen LogP contribution in [0.1, 0.15) is 15.9 Å². The van der Waals surface area contributed by atoms with Crippen LogP contribution in [0.15, 0.2) is 41.6 Å². The van der Waals surface area contributed by atoms with Crippen LogP contribution >= 0.6 is 0 Å². The molecule has 0 aliphatic rings. The number of aromatic nitrogens is 4. The Hall–Kier alpha value is -2.96. The summed E-state index contributed by atoms with van der Waals surface area (Å²) in [6.45, 7) is 1.87. The molecule has 1 N–H and O–H groups in total. The highest BCUT2D eigenvalue weighted by atomic mass is 16.2. The molecular formula is C14H13N5O2. The van der Waals surface area contributed by atoms with E-state index in [0.717, 1.165) is 5.56 Å². The van der Waals surface area contributed by atoms with Gasteiger partial charge in [-0.2, -0.15) is 5.10 Å². The SMILES string of the molecule is Cc1ccc2ncc(C(=O)Nc3ccn(C)n3)c(=O)n2c1. The molecule has 0 atom stereocenters. The number of anilines is 1. The topological polar surface area (TPSA) is 81.3 Å². The van der Waals surface area contributed by atoms with Gasteiger partial charge in [0.1, 0.15) is 11.2 Å². The molecule has 21 heavy (non-hydrogen) atoms. The molecule has 0 unspecified atom stereocenters. The zero-order valence-corrected chi connectivity index (χ0v) is 11.6. The van der Waals surface area contributed by atoms with Crippen molar-refractivity contribution < 1.29 is 4.79 Å². The number of nitrogens with one attached hydrogen (secondary N) is 1. The summed E-state index contributed by atoms with van der Waals surface area (Å²) in [7, 11) is 1.74. The Balaban J connectivity index is 2.02. The Kier molecular flexibility index (Phi) is 3.02. The predicted octanol–water partition coefficient (Wildman–Crippen LogP) is 0.989. The highest BCUT2D eigenvalue weighted by molar-refractivity contribution is 6.03. The number of nitrogens with zero attached hydrogens (tertiary/aromatic N) is 4. The molecular weight excluding hydrogens is 270 g/mol. The molecule has 0 aliphatic carbocycles. The standard InChI is InChI=1S/C14H13N5O2/c1-9-3-4-12-15-7-10(14(21)19(12)8-9)13(20)16-11-5-6-18(2)17-11/h3-8H,1-2H3,(H,16,17,20). The molecule has 0 radical (unpaired) electrons. The van der Waals surface area contributed by atoms with Gasteiger partial charge in [-0.25, -0.2) is 4.98 Å². The second-order valence-corrected chi connectivity index (χ2v) is 4.74. The maximum Gasteiger partial charge on any atom is 0.270 e. The van der Waals surface area contributed by atoms with Crippen LogP contribution in [0.4, 0.5) is 5.82 Å². The third kappa shape index (κ3) is 2.40. The molecule has 7 nitrogen and oxygen atoms in total. The molecule has 1 amide bonds. The first-order chi connectivity index (χ1) is 10.0. The van der Waals surface area contributed by atoms with Gasteiger partial charge in [-0.3, -0.25) is 18.7 Å². The summed E-state index contributed by atoms with van der Waals surface area (Å²) in [5, 5.41) is 6.61. The fourth-order valence-corrected chi connectivity index (χ4v) is 2.00. The minimum Gasteiger partial charge on any atom is -0.305 e. The molecule has 106 valence electrons. The maximum atomic E-state index is 12.4. The first-order valence-electron chi connectivity index (χ1n) is 6.33. The molecule has 0 aliphatic heterocycles. The number of carbonyl (C=O) groups excluding carboxylic acids is 1. The predicted molar refractivity (Wildman–Crippen MR) is 77.4 cm³/mol. The molecule has 0 saturated heterocycles. The van der Waals surface area contributed by atoms with Gasteiger partial charge in [0.15, 0.2) is 5.82 Å². The van der Waals surface area contributed by atoms with Crippen molar-refractivity contribution in [3.05, 3.63) is 58.3 Å². The van der Waals surface area contributed by atoms with E-state index in [4.69, 9.17) is 0 Å². The quantitative estimate of drug-likeness (QED) is 0.760. The lowest BCUT2D eigenvalue weighted by atomic mass is 10.2. The molecule has 0 fully saturated rings. The zero-order valence-electron chi connectivity index (χ0n) is 11.6. The lowest BCUT2D eigenvalue weighted by Crippen LogP contribution is -2.26. The minimum absolute atomic E-state index is 0.0243. The Morgan fingerprint density at radius 3 is 2.81 bits per heavy atom. The van der Waals surface area contributed by atoms with E-state index in [1.807, 2.05) is 13.0 Å². The molecule has 3 aromatic heterocycles. The van der Waals surface area contributed by atoms with E-state index < -0.39 is 11.5 Å². The average molecular weight is 283 g/mol. The monoisotopic (exact) mass is 283 g/mol. The van der Waals surface area contributed by atoms with Gasteiger partial charge in [-0.05, 0) is 18.6 Å². The van der Waals surface area contributed by atoms with Gasteiger partial charge in [-0.1, -0.05) is 6.07 Å². The van der Waals surface area contributed by atoms with Gasteiger partial charge >= 0.3 is 0 Å². The lowest BCUT2D eigenvalue weighted by Gasteiger charge is -2.05. The van der Waals surface area contributed by atoms with Gasteiger partial charge in [0.2, 0.25) is 0 Å². The smallest absolute Gasteiger partial charge is 0.270 e. The van der Waals surface area contributed by atoms with E-state index in [1.165, 1.54) is 10.6 Å². The Morgan fingerprint density at radius 2 is 2.10 bits per heavy atom. The minimum atomic E-state index is -0.526. The lowest BCUT2D eigenvalue weighted by molar-refractivity contribution is 0.102. The van der Waals surface area contributed by atoms with Crippen molar-refractivity contribution in [1.82, 2.24) is 19.2 Å². The number of carbonyl (C=O) groups is 1. The Morgan fingerprint density at radius 1 is 1.29 bits per heavy atom. The summed E-state index contributed by atoms with van der Waals surface area (Å²) < 4.78 is 2.92. The van der Waals surface area contributed by atoms with E-state index >= 15 is 0 Å². The van der Waals surface area contributed by atoms with Crippen molar-refractivity contribution in [3.63, 3.8) is 0 Å². The van der Waals surface area contributed by atoms with Gasteiger partial charge in [0, 0.05) is 31.7 Å². The number of fused-ring (bicyclic) bond motifs is 1. The molecule has 0 aromatic carbocycles. The fraction of sp³-hybridized carbons (Fsp3) is 0.143. The second-order valence-electron chi connectivity index (χ2n) is 4.74. The average Bonchev–Trinajstić information content (AvgIpc) is 2.85. The van der Waals surface area contributed by atoms with Crippen molar-refractivity contribution in [2.24, 2.45) is 7.05 Å². The highest BCUT2D eigenvalue weighted by Crippen LogP contribution is 2.05. The van der Waals surface area contributed by atoms with Crippen LogP contribution in [-0.4, -0.2) is 25.1 Å². The molecule has 0 saturated carbocycles. The third-order valence-corrected chi connectivity index (χ3v) is 3.05. The van der Waals surface area contributed by atoms with Crippen LogP contribution in [0.25, 0.3) is 5.65 Å². The van der Waals surface area contributed by atoms with Crippen LogP contribution in [0, 0.1) is 6.92 Å². The number of amides is 1. The third-order valence-electron chi connectivity index (χ3n) is 3.05. The first kappa shape index (κ1) is 13.0. The Bertz CT molecular complexity index is 894. The number of hydrogen-bond acceptors (Lipinski definition) is 4. The van der Waals surface area contributed by atoms with Gasteiger partial charge in [0.25, 0.3) is 11.5 Å². The van der Waals surface area contributed by atoms with E-state index in [9.17, 15) is 9.59 Å². The number of rotatable bonds is 2. The van der Waals surface area contributed by atoms with Crippen LogP contribution in [0.2, 0.25) is 0 Å². The molecule has 3 heterocycles. The van der Waals surface area contributed by atoms with Crippen molar-refractivity contribution in [2.45, 2.75) is 6.92 Å². The van der Waals surface area contributed by atoms with Gasteiger partial charge < -0.3 is 5.32 Å². The molecule has 7 heteroatoms. The van der Waals surface area contributed by atoms with Crippen molar-refractivity contribution >= 4 is 17.4 Å². The summed E-state index contributed by atoms with van der Waals surface area (Å²) in [6.07, 6.45) is 4.64. The van der Waals surface area contributed by atoms with Gasteiger partial charge in [-0.15, -0.1) is 0 Å². The number of pyridine rings is 1. The normalized spacial score (nSPS) is 10.8. The largest absolute Gasteiger partial charge is 0.305 e. The molecule has 3 rings (SSSR count). The summed E-state index contributed by atoms with van der Waals surface area (Å²) in [5.74, 6) is -0.140. The van der Waals surface area contributed by atoms with E-state index in [0.29, 0.717) is 11.5 Å². The molecule has 0 spiro atoms. The van der Waals surface area contributed by atoms with Crippen LogP contribution in [0.5, 0.6) is 0 Å². The first-order valence-corrected chi connectivity index (χ1v) is 6.33. The van der Waals surface area contributed by atoms with Crippen molar-refractivity contribution in [2.75, 3.05) is 5.32 Å². The summed E-state index contributed by atoms with van der Waals surface area (Å²) >= 11 is 0. The zero-order chi connectivity index (χ0) is 15.0. The number of hydrogen-bond donors (Lipinski definition) is 1. The number of aryl methyl sites for hydroxylation is 2. The van der Waals surface area contributed by atoms with Crippen LogP contribution in [0.3, 0.4) is 0 Å². The molecule has 3 aromatic rings. The Labute approximate surface area is 119 Å². The summed E-state index contributed by atoms with van der Waals surface area (Å²) in [6, 6.07) is 5.24. The van der Waals surface area contributed by atoms with Crippen molar-refractivity contribution in [3.8, 4) is 0 Å². The van der Waals surface area contributed by atoms with Crippen LogP contribution < -0.4 is 10.9 Å². The summed E-state index contributed by atoms with van der Waals surface area (Å²) in [4.78, 5) is 28.6. The van der Waals surface area contributed by atoms with Crippen LogP contribution in [-0.2, 0) is 7.05 Å².